The molecule has 0 aromatic carbocycles. The molecular formula is C19H30FN4O5P. The average Bonchev–Trinajstić information content (AvgIpc) is 2.97. The highest BCUT2D eigenvalue weighted by Crippen LogP contribution is 2.50. The van der Waals surface area contributed by atoms with Crippen LogP contribution in [0, 0.1) is 6.57 Å². The number of halogens is 1. The molecule has 1 N–H and O–H groups in total. The van der Waals surface area contributed by atoms with Gasteiger partial charge in [0.25, 0.3) is 14.1 Å². The van der Waals surface area contributed by atoms with Crippen LogP contribution < -0.4 is 11.2 Å². The van der Waals surface area contributed by atoms with E-state index in [-0.39, 0.29) is 25.2 Å². The van der Waals surface area contributed by atoms with Crippen molar-refractivity contribution in [3.63, 3.8) is 0 Å². The molecule has 1 fully saturated rings. The number of hydrogen-bond donors (Lipinski definition) is 1. The van der Waals surface area contributed by atoms with E-state index in [0.717, 1.165) is 10.6 Å². The van der Waals surface area contributed by atoms with E-state index in [9.17, 15) is 9.59 Å². The van der Waals surface area contributed by atoms with Gasteiger partial charge in [0.05, 0.1) is 6.10 Å². The number of H-pyrrole nitrogens is 1. The quantitative estimate of drug-likeness (QED) is 0.339. The summed E-state index contributed by atoms with van der Waals surface area (Å²) in [6, 6.07) is 1.29. The topological polar surface area (TPSA) is 90.2 Å². The van der Waals surface area contributed by atoms with Crippen LogP contribution in [0.5, 0.6) is 0 Å². The summed E-state index contributed by atoms with van der Waals surface area (Å²) in [5.74, 6) is 0. The van der Waals surface area contributed by atoms with Gasteiger partial charge in [-0.2, -0.15) is 0 Å². The predicted molar refractivity (Wildman–Crippen MR) is 112 cm³/mol. The Morgan fingerprint density at radius 3 is 2.57 bits per heavy atom. The molecule has 1 aromatic rings. The minimum Gasteiger partial charge on any atom is -0.349 e. The Bertz CT molecular complexity index is 831. The standard InChI is InChI=1S/C19H30FN4O5P/c1-7-14-17(16(20)18(28-14)23-10-8-15(25)22-19(23)26)29-30(27-11-9-21-6)24(12(2)3)13(4)5/h8,10,12-14,16-18H,7,9,11H2,1-5H3,(H,22,25,26)/t14-,16?,17+,18-,30?/m1/s1. The van der Waals surface area contributed by atoms with Gasteiger partial charge in [-0.3, -0.25) is 14.3 Å². The molecule has 9 nitrogen and oxygen atoms in total. The minimum atomic E-state index is -1.66. The highest BCUT2D eigenvalue weighted by Gasteiger charge is 2.49. The van der Waals surface area contributed by atoms with Crippen LogP contribution in [0.3, 0.4) is 0 Å². The number of hydrogen-bond acceptors (Lipinski definition) is 6. The number of alkyl halides is 1. The molecule has 1 saturated heterocycles. The number of nitrogens with one attached hydrogen (secondary N) is 1. The summed E-state index contributed by atoms with van der Waals surface area (Å²) in [5.41, 5.74) is -1.31. The second-order valence-electron chi connectivity index (χ2n) is 7.53. The summed E-state index contributed by atoms with van der Waals surface area (Å²) in [4.78, 5) is 28.9. The predicted octanol–water partition coefficient (Wildman–Crippen LogP) is 2.85. The number of ether oxygens (including phenoxy) is 1. The molecule has 0 aliphatic carbocycles. The van der Waals surface area contributed by atoms with E-state index < -0.39 is 44.4 Å². The molecule has 0 radical (unpaired) electrons. The largest absolute Gasteiger partial charge is 0.349 e. The summed E-state index contributed by atoms with van der Waals surface area (Å²) in [6.45, 7) is 17.1. The van der Waals surface area contributed by atoms with Crippen LogP contribution in [0.15, 0.2) is 21.9 Å². The summed E-state index contributed by atoms with van der Waals surface area (Å²) in [7, 11) is -1.66. The normalized spacial score (nSPS) is 25.2. The lowest BCUT2D eigenvalue weighted by Crippen LogP contribution is -2.39. The second-order valence-corrected chi connectivity index (χ2v) is 8.93. The van der Waals surface area contributed by atoms with Gasteiger partial charge >= 0.3 is 5.69 Å². The molecule has 2 unspecified atom stereocenters. The monoisotopic (exact) mass is 444 g/mol. The lowest BCUT2D eigenvalue weighted by atomic mass is 10.1. The van der Waals surface area contributed by atoms with E-state index >= 15 is 4.39 Å². The number of nitrogens with zero attached hydrogens (tertiary/aromatic N) is 3. The Morgan fingerprint density at radius 1 is 1.37 bits per heavy atom. The van der Waals surface area contributed by atoms with Gasteiger partial charge in [-0.15, -0.1) is 0 Å². The van der Waals surface area contributed by atoms with E-state index in [1.165, 1.54) is 6.20 Å². The molecule has 0 bridgehead atoms. The first-order chi connectivity index (χ1) is 14.2. The molecular weight excluding hydrogens is 414 g/mol. The zero-order valence-corrected chi connectivity index (χ0v) is 18.8. The fourth-order valence-electron chi connectivity index (χ4n) is 3.39. The molecule has 0 spiro atoms. The molecule has 1 aliphatic heterocycles. The first kappa shape index (κ1) is 24.6. The molecule has 11 heteroatoms. The van der Waals surface area contributed by atoms with Crippen molar-refractivity contribution in [1.29, 1.82) is 0 Å². The molecule has 5 atom stereocenters. The van der Waals surface area contributed by atoms with E-state index in [1.54, 1.807) is 0 Å². The third kappa shape index (κ3) is 5.74. The summed E-state index contributed by atoms with van der Waals surface area (Å²) >= 11 is 0. The fourth-order valence-corrected chi connectivity index (χ4v) is 5.15. The van der Waals surface area contributed by atoms with Crippen molar-refractivity contribution in [3.8, 4) is 0 Å². The van der Waals surface area contributed by atoms with Gasteiger partial charge in [-0.05, 0) is 34.1 Å². The van der Waals surface area contributed by atoms with Crippen molar-refractivity contribution in [2.45, 2.75) is 77.7 Å². The first-order valence-electron chi connectivity index (χ1n) is 10.0. The smallest absolute Gasteiger partial charge is 0.330 e. The molecule has 2 rings (SSSR count). The van der Waals surface area contributed by atoms with E-state index in [0.29, 0.717) is 6.42 Å². The van der Waals surface area contributed by atoms with E-state index in [4.69, 9.17) is 20.4 Å². The minimum absolute atomic E-state index is 0.0714. The summed E-state index contributed by atoms with van der Waals surface area (Å²) in [5, 5.41) is 0. The van der Waals surface area contributed by atoms with Crippen LogP contribution in [0.1, 0.15) is 47.3 Å². The zero-order valence-electron chi connectivity index (χ0n) is 17.9. The van der Waals surface area contributed by atoms with Gasteiger partial charge in [0.15, 0.2) is 12.4 Å². The van der Waals surface area contributed by atoms with Gasteiger partial charge in [-0.1, -0.05) is 6.92 Å². The van der Waals surface area contributed by atoms with Crippen molar-refractivity contribution >= 4 is 8.53 Å². The second kappa shape index (κ2) is 11.1. The maximum Gasteiger partial charge on any atom is 0.330 e. The summed E-state index contributed by atoms with van der Waals surface area (Å²) in [6.07, 6.45) is -2.73. The van der Waals surface area contributed by atoms with Crippen LogP contribution in [0.4, 0.5) is 4.39 Å². The number of rotatable bonds is 10. The molecule has 1 aromatic heterocycles. The van der Waals surface area contributed by atoms with Gasteiger partial charge in [-0.25, -0.2) is 20.4 Å². The Morgan fingerprint density at radius 2 is 2.03 bits per heavy atom. The van der Waals surface area contributed by atoms with Gasteiger partial charge in [0.2, 0.25) is 6.54 Å². The van der Waals surface area contributed by atoms with Gasteiger partial charge in [0.1, 0.15) is 12.7 Å². The highest BCUT2D eigenvalue weighted by molar-refractivity contribution is 7.44. The summed E-state index contributed by atoms with van der Waals surface area (Å²) < 4.78 is 36.3. The first-order valence-corrected chi connectivity index (χ1v) is 11.2. The third-order valence-corrected chi connectivity index (χ3v) is 6.79. The van der Waals surface area contributed by atoms with Crippen LogP contribution in [-0.2, 0) is 13.8 Å². The molecule has 1 aliphatic rings. The molecule has 0 amide bonds. The van der Waals surface area contributed by atoms with Crippen molar-refractivity contribution in [2.24, 2.45) is 0 Å². The van der Waals surface area contributed by atoms with Crippen LogP contribution in [0.2, 0.25) is 0 Å². The Labute approximate surface area is 176 Å². The van der Waals surface area contributed by atoms with Crippen LogP contribution in [-0.4, -0.2) is 57.8 Å². The molecule has 168 valence electrons. The van der Waals surface area contributed by atoms with Crippen molar-refractivity contribution in [2.75, 3.05) is 13.2 Å². The Kier molecular flexibility index (Phi) is 9.13. The van der Waals surface area contributed by atoms with E-state index in [1.807, 2.05) is 39.3 Å². The average molecular weight is 444 g/mol. The van der Waals surface area contributed by atoms with Crippen molar-refractivity contribution in [3.05, 3.63) is 44.5 Å². The number of aromatic nitrogens is 2. The van der Waals surface area contributed by atoms with E-state index in [2.05, 4.69) is 9.83 Å². The molecule has 2 heterocycles. The highest BCUT2D eigenvalue weighted by atomic mass is 31.2. The van der Waals surface area contributed by atoms with Crippen LogP contribution >= 0.6 is 8.53 Å². The maximum atomic E-state index is 15.5. The Hall–Kier alpha value is -1.63. The van der Waals surface area contributed by atoms with Gasteiger partial charge in [0, 0.05) is 24.3 Å². The van der Waals surface area contributed by atoms with Gasteiger partial charge < -0.3 is 18.6 Å². The lowest BCUT2D eigenvalue weighted by molar-refractivity contribution is -0.0273. The van der Waals surface area contributed by atoms with Crippen molar-refractivity contribution < 1.29 is 18.2 Å². The van der Waals surface area contributed by atoms with Crippen molar-refractivity contribution in [1.82, 2.24) is 14.2 Å². The third-order valence-electron chi connectivity index (χ3n) is 4.66. The molecule has 0 saturated carbocycles. The number of aromatic amines is 1. The zero-order chi connectivity index (χ0) is 22.4. The SMILES string of the molecule is [C-]#[N+]CCOP(O[C@@H]1C(F)[C@H](n2ccc(=O)[nH]c2=O)O[C@@H]1CC)N(C(C)C)C(C)C. The Balaban J connectivity index is 2.29. The van der Waals surface area contributed by atoms with Crippen LogP contribution in [0.25, 0.3) is 4.85 Å². The molecule has 30 heavy (non-hydrogen) atoms. The maximum absolute atomic E-state index is 15.5. The fraction of sp³-hybridized carbons (Fsp3) is 0.737. The lowest BCUT2D eigenvalue weighted by Gasteiger charge is -2.37.